The predicted octanol–water partition coefficient (Wildman–Crippen LogP) is 1.66. The summed E-state index contributed by atoms with van der Waals surface area (Å²) < 4.78 is 12.1. The van der Waals surface area contributed by atoms with Gasteiger partial charge in [0.15, 0.2) is 0 Å². The van der Waals surface area contributed by atoms with Crippen LogP contribution in [0.3, 0.4) is 0 Å². The molecule has 0 radical (unpaired) electrons. The molecule has 0 aliphatic rings. The first-order valence-electron chi connectivity index (χ1n) is 7.59. The second kappa shape index (κ2) is 6.81. The monoisotopic (exact) mass is 364 g/mol. The Labute approximate surface area is 141 Å². The Kier molecular flexibility index (Phi) is 5.41. The summed E-state index contributed by atoms with van der Waals surface area (Å²) in [7, 11) is -8.85. The molecule has 23 heavy (non-hydrogen) atoms. The average Bonchev–Trinajstić information content (AvgIpc) is 2.46. The Bertz CT molecular complexity index is 587. The van der Waals surface area contributed by atoms with Crippen molar-refractivity contribution in [2.24, 2.45) is 0 Å². The molecule has 0 saturated carbocycles. The average molecular weight is 365 g/mol. The molecule has 0 aromatic heterocycles. The van der Waals surface area contributed by atoms with E-state index in [0.29, 0.717) is 0 Å². The third kappa shape index (κ3) is 4.95. The van der Waals surface area contributed by atoms with E-state index in [2.05, 4.69) is 0 Å². The number of hydrogen-bond donors (Lipinski definition) is 2. The molecule has 0 spiro atoms. The largest absolute Gasteiger partial charge is 0.415 e. The molecule has 7 heteroatoms. The second-order valence-electron chi connectivity index (χ2n) is 6.43. The van der Waals surface area contributed by atoms with Crippen molar-refractivity contribution >= 4 is 36.1 Å². The second-order valence-corrected chi connectivity index (χ2v) is 16.2. The van der Waals surface area contributed by atoms with Crippen LogP contribution in [-0.2, 0) is 8.23 Å². The minimum absolute atomic E-state index is 0.771. The molecule has 2 N–H and O–H groups in total. The smallest absolute Gasteiger partial charge is 0.395 e. The van der Waals surface area contributed by atoms with Crippen molar-refractivity contribution in [1.82, 2.24) is 0 Å². The van der Waals surface area contributed by atoms with Crippen LogP contribution in [0, 0.1) is 0 Å². The summed E-state index contributed by atoms with van der Waals surface area (Å²) in [6.07, 6.45) is 0. The SMILES string of the molecule is C[Si](C)(O)O[Si](C)(C)O[Si](O)(c1ccccc1)c1ccccc1. The quantitative estimate of drug-likeness (QED) is 0.766. The van der Waals surface area contributed by atoms with Crippen LogP contribution in [0.15, 0.2) is 60.7 Å². The topological polar surface area (TPSA) is 58.9 Å². The molecule has 124 valence electrons. The zero-order chi connectivity index (χ0) is 17.1. The van der Waals surface area contributed by atoms with Gasteiger partial charge in [0.25, 0.3) is 0 Å². The first kappa shape index (κ1) is 18.3. The van der Waals surface area contributed by atoms with E-state index < -0.39 is 25.7 Å². The van der Waals surface area contributed by atoms with Gasteiger partial charge in [-0.25, -0.2) is 0 Å². The molecule has 4 nitrogen and oxygen atoms in total. The Hall–Kier alpha value is -1.07. The van der Waals surface area contributed by atoms with Crippen molar-refractivity contribution in [3.05, 3.63) is 60.7 Å². The van der Waals surface area contributed by atoms with Crippen LogP contribution in [0.1, 0.15) is 0 Å². The molecule has 0 aliphatic heterocycles. The van der Waals surface area contributed by atoms with Crippen LogP contribution < -0.4 is 10.4 Å². The first-order valence-corrected chi connectivity index (χ1v) is 15.1. The minimum Gasteiger partial charge on any atom is -0.415 e. The highest BCUT2D eigenvalue weighted by Crippen LogP contribution is 2.18. The van der Waals surface area contributed by atoms with E-state index in [1.807, 2.05) is 73.8 Å². The van der Waals surface area contributed by atoms with Gasteiger partial charge in [0.2, 0.25) is 0 Å². The van der Waals surface area contributed by atoms with Crippen molar-refractivity contribution in [1.29, 1.82) is 0 Å². The lowest BCUT2D eigenvalue weighted by atomic mass is 10.4. The summed E-state index contributed by atoms with van der Waals surface area (Å²) in [5, 5.41) is 1.54. The fourth-order valence-electron chi connectivity index (χ4n) is 2.59. The van der Waals surface area contributed by atoms with E-state index in [-0.39, 0.29) is 0 Å². The highest BCUT2D eigenvalue weighted by atomic mass is 28.5. The van der Waals surface area contributed by atoms with Crippen LogP contribution in [0.2, 0.25) is 26.2 Å². The molecule has 0 aliphatic carbocycles. The standard InChI is InChI=1S/C16H24O4Si3/c1-21(2,17)19-22(3,4)20-23(18,15-11-7-5-8-12-15)16-13-9-6-10-14-16/h5-14,17-18H,1-4H3. The highest BCUT2D eigenvalue weighted by Gasteiger charge is 2.47. The van der Waals surface area contributed by atoms with Gasteiger partial charge in [-0.3, -0.25) is 0 Å². The summed E-state index contributed by atoms with van der Waals surface area (Å²) in [6, 6.07) is 18.9. The van der Waals surface area contributed by atoms with Crippen molar-refractivity contribution in [2.45, 2.75) is 26.2 Å². The Morgan fingerprint density at radius 3 is 1.39 bits per heavy atom. The summed E-state index contributed by atoms with van der Waals surface area (Å²) in [5.41, 5.74) is 0. The van der Waals surface area contributed by atoms with E-state index in [4.69, 9.17) is 8.23 Å². The number of benzene rings is 2. The van der Waals surface area contributed by atoms with Gasteiger partial charge in [-0.15, -0.1) is 0 Å². The normalized spacial score (nSPS) is 13.1. The molecule has 2 rings (SSSR count). The summed E-state index contributed by atoms with van der Waals surface area (Å²) >= 11 is 0. The van der Waals surface area contributed by atoms with Gasteiger partial charge < -0.3 is 17.8 Å². The maximum Gasteiger partial charge on any atom is 0.395 e. The molecule has 0 amide bonds. The lowest BCUT2D eigenvalue weighted by Crippen LogP contribution is -2.67. The Balaban J connectivity index is 2.43. The van der Waals surface area contributed by atoms with Crippen LogP contribution in [-0.4, -0.2) is 35.3 Å². The molecule has 2 aromatic rings. The number of hydrogen-bond acceptors (Lipinski definition) is 4. The molecular weight excluding hydrogens is 340 g/mol. The third-order valence-corrected chi connectivity index (χ3v) is 12.6. The van der Waals surface area contributed by atoms with Gasteiger partial charge in [0, 0.05) is 0 Å². The fourth-order valence-corrected chi connectivity index (χ4v) is 13.4. The summed E-state index contributed by atoms with van der Waals surface area (Å²) in [5.74, 6) is 0. The maximum absolute atomic E-state index is 11.5. The molecule has 0 unspecified atom stereocenters. The van der Waals surface area contributed by atoms with Gasteiger partial charge in [0.1, 0.15) is 0 Å². The van der Waals surface area contributed by atoms with Crippen LogP contribution >= 0.6 is 0 Å². The fraction of sp³-hybridized carbons (Fsp3) is 0.250. The van der Waals surface area contributed by atoms with Crippen molar-refractivity contribution in [2.75, 3.05) is 0 Å². The van der Waals surface area contributed by atoms with E-state index in [1.54, 1.807) is 13.1 Å². The van der Waals surface area contributed by atoms with Gasteiger partial charge in [-0.2, -0.15) is 0 Å². The van der Waals surface area contributed by atoms with E-state index >= 15 is 0 Å². The third-order valence-electron chi connectivity index (χ3n) is 3.22. The van der Waals surface area contributed by atoms with Crippen molar-refractivity contribution < 1.29 is 17.8 Å². The molecule has 0 fully saturated rings. The predicted molar refractivity (Wildman–Crippen MR) is 99.5 cm³/mol. The van der Waals surface area contributed by atoms with Crippen LogP contribution in [0.4, 0.5) is 0 Å². The molecule has 2 aromatic carbocycles. The molecule has 0 bridgehead atoms. The molecule has 0 saturated heterocycles. The summed E-state index contributed by atoms with van der Waals surface area (Å²) in [6.45, 7) is 7.14. The minimum atomic E-state index is -3.39. The zero-order valence-electron chi connectivity index (χ0n) is 14.0. The number of rotatable bonds is 6. The Morgan fingerprint density at radius 1 is 0.652 bits per heavy atom. The molecular formula is C16H24O4Si3. The van der Waals surface area contributed by atoms with Gasteiger partial charge >= 0.3 is 25.7 Å². The highest BCUT2D eigenvalue weighted by molar-refractivity contribution is 6.97. The molecule has 0 heterocycles. The lowest BCUT2D eigenvalue weighted by Gasteiger charge is -2.36. The Morgan fingerprint density at radius 2 is 1.04 bits per heavy atom. The van der Waals surface area contributed by atoms with E-state index in [1.165, 1.54) is 0 Å². The van der Waals surface area contributed by atoms with Gasteiger partial charge in [0.05, 0.1) is 0 Å². The van der Waals surface area contributed by atoms with Crippen molar-refractivity contribution in [3.63, 3.8) is 0 Å². The van der Waals surface area contributed by atoms with E-state index in [0.717, 1.165) is 10.4 Å². The van der Waals surface area contributed by atoms with E-state index in [9.17, 15) is 9.59 Å². The maximum atomic E-state index is 11.5. The summed E-state index contributed by atoms with van der Waals surface area (Å²) in [4.78, 5) is 21.6. The zero-order valence-corrected chi connectivity index (χ0v) is 17.0. The van der Waals surface area contributed by atoms with Crippen LogP contribution in [0.5, 0.6) is 0 Å². The van der Waals surface area contributed by atoms with Gasteiger partial charge in [-0.05, 0) is 36.6 Å². The van der Waals surface area contributed by atoms with Crippen molar-refractivity contribution in [3.8, 4) is 0 Å². The van der Waals surface area contributed by atoms with Crippen LogP contribution in [0.25, 0.3) is 0 Å². The molecule has 0 atom stereocenters. The lowest BCUT2D eigenvalue weighted by molar-refractivity contribution is 0.301. The van der Waals surface area contributed by atoms with Gasteiger partial charge in [-0.1, -0.05) is 60.7 Å². The first-order chi connectivity index (χ1) is 10.6.